The smallest absolute Gasteiger partial charge is 0.303 e. The van der Waals surface area contributed by atoms with Crippen LogP contribution in [0.25, 0.3) is 33.3 Å². The Hall–Kier alpha value is -3.34. The summed E-state index contributed by atoms with van der Waals surface area (Å²) >= 11 is 0. The maximum absolute atomic E-state index is 10.5. The van der Waals surface area contributed by atoms with E-state index in [1.807, 2.05) is 61.5 Å². The Morgan fingerprint density at radius 1 is 1.07 bits per heavy atom. The van der Waals surface area contributed by atoms with Crippen molar-refractivity contribution in [2.24, 2.45) is 0 Å². The van der Waals surface area contributed by atoms with Crippen LogP contribution in [0, 0.1) is 6.92 Å². The van der Waals surface area contributed by atoms with Gasteiger partial charge >= 0.3 is 5.97 Å². The van der Waals surface area contributed by atoms with Gasteiger partial charge in [0, 0.05) is 12.0 Å². The minimum absolute atomic E-state index is 0.216. The number of aromatic nitrogens is 1. The molecule has 3 aromatic carbocycles. The molecule has 0 aliphatic rings. The van der Waals surface area contributed by atoms with E-state index < -0.39 is 5.97 Å². The van der Waals surface area contributed by atoms with Crippen molar-refractivity contribution in [2.45, 2.75) is 32.6 Å². The first-order chi connectivity index (χ1) is 14.1. The van der Waals surface area contributed by atoms with Crippen molar-refractivity contribution in [3.05, 3.63) is 60.2 Å². The van der Waals surface area contributed by atoms with Gasteiger partial charge < -0.3 is 14.3 Å². The molecule has 0 saturated carbocycles. The number of carboxylic acid groups (broad SMARTS) is 1. The molecule has 1 N–H and O–H groups in total. The number of benzene rings is 3. The standard InChI is InChI=1S/C24H23NO4/c1-16-9-12-21-22(14-16)29-24(25-21)20-7-5-6-17-15-18(10-11-19(17)20)28-13-4-2-3-8-23(26)27/h5-7,9-12,14-15H,2-4,8,13H2,1H3,(H,26,27). The van der Waals surface area contributed by atoms with Crippen LogP contribution < -0.4 is 4.74 Å². The van der Waals surface area contributed by atoms with Crippen LogP contribution in [0.5, 0.6) is 5.75 Å². The number of hydrogen-bond donors (Lipinski definition) is 1. The number of ether oxygens (including phenoxy) is 1. The molecule has 0 bridgehead atoms. The highest BCUT2D eigenvalue weighted by Gasteiger charge is 2.12. The highest BCUT2D eigenvalue weighted by atomic mass is 16.5. The zero-order valence-corrected chi connectivity index (χ0v) is 16.4. The third-order valence-corrected chi connectivity index (χ3v) is 4.93. The second-order valence-corrected chi connectivity index (χ2v) is 7.23. The maximum atomic E-state index is 10.5. The van der Waals surface area contributed by atoms with Crippen LogP contribution in [0.2, 0.25) is 0 Å². The molecule has 0 aliphatic carbocycles. The Bertz CT molecular complexity index is 1160. The first-order valence-electron chi connectivity index (χ1n) is 9.85. The number of hydrogen-bond acceptors (Lipinski definition) is 4. The predicted molar refractivity (Wildman–Crippen MR) is 113 cm³/mol. The van der Waals surface area contributed by atoms with Gasteiger partial charge in [-0.3, -0.25) is 4.79 Å². The van der Waals surface area contributed by atoms with Crippen molar-refractivity contribution in [1.29, 1.82) is 0 Å². The molecule has 1 heterocycles. The first kappa shape index (κ1) is 19.0. The number of fused-ring (bicyclic) bond motifs is 2. The molecule has 0 unspecified atom stereocenters. The number of unbranched alkanes of at least 4 members (excludes halogenated alkanes) is 2. The van der Waals surface area contributed by atoms with Crippen molar-refractivity contribution < 1.29 is 19.1 Å². The Morgan fingerprint density at radius 2 is 1.97 bits per heavy atom. The lowest BCUT2D eigenvalue weighted by Crippen LogP contribution is -1.99. The van der Waals surface area contributed by atoms with E-state index in [1.54, 1.807) is 0 Å². The van der Waals surface area contributed by atoms with Crippen molar-refractivity contribution >= 4 is 27.8 Å². The van der Waals surface area contributed by atoms with Crippen LogP contribution in [0.1, 0.15) is 31.2 Å². The third-order valence-electron chi connectivity index (χ3n) is 4.93. The first-order valence-corrected chi connectivity index (χ1v) is 9.85. The average molecular weight is 389 g/mol. The van der Waals surface area contributed by atoms with Gasteiger partial charge in [-0.15, -0.1) is 0 Å². The number of oxazole rings is 1. The van der Waals surface area contributed by atoms with Crippen molar-refractivity contribution in [3.8, 4) is 17.2 Å². The van der Waals surface area contributed by atoms with E-state index in [2.05, 4.69) is 4.98 Å². The highest BCUT2D eigenvalue weighted by molar-refractivity contribution is 5.96. The number of carboxylic acids is 1. The van der Waals surface area contributed by atoms with Crippen molar-refractivity contribution in [3.63, 3.8) is 0 Å². The zero-order valence-electron chi connectivity index (χ0n) is 16.4. The number of nitrogens with zero attached hydrogens (tertiary/aromatic N) is 1. The molecule has 5 nitrogen and oxygen atoms in total. The van der Waals surface area contributed by atoms with E-state index in [4.69, 9.17) is 14.3 Å². The van der Waals surface area contributed by atoms with Crippen molar-refractivity contribution in [2.75, 3.05) is 6.61 Å². The molecule has 0 amide bonds. The van der Waals surface area contributed by atoms with Gasteiger partial charge in [0.15, 0.2) is 5.58 Å². The van der Waals surface area contributed by atoms with Gasteiger partial charge in [-0.25, -0.2) is 4.98 Å². The zero-order chi connectivity index (χ0) is 20.2. The lowest BCUT2D eigenvalue weighted by molar-refractivity contribution is -0.137. The number of aliphatic carboxylic acids is 1. The molecule has 0 atom stereocenters. The maximum Gasteiger partial charge on any atom is 0.303 e. The molecule has 29 heavy (non-hydrogen) atoms. The molecule has 4 rings (SSSR count). The van der Waals surface area contributed by atoms with Crippen LogP contribution in [-0.4, -0.2) is 22.7 Å². The quantitative estimate of drug-likeness (QED) is 0.375. The van der Waals surface area contributed by atoms with E-state index in [0.29, 0.717) is 18.9 Å². The minimum atomic E-state index is -0.745. The lowest BCUT2D eigenvalue weighted by atomic mass is 10.0. The second-order valence-electron chi connectivity index (χ2n) is 7.23. The average Bonchev–Trinajstić information content (AvgIpc) is 3.12. The normalized spacial score (nSPS) is 11.2. The summed E-state index contributed by atoms with van der Waals surface area (Å²) in [6.45, 7) is 2.61. The molecule has 1 aromatic heterocycles. The molecule has 5 heteroatoms. The number of carbonyl (C=O) groups is 1. The third kappa shape index (κ3) is 4.40. The molecule has 148 valence electrons. The molecule has 0 spiro atoms. The molecule has 0 radical (unpaired) electrons. The summed E-state index contributed by atoms with van der Waals surface area (Å²) in [5, 5.41) is 10.8. The number of aryl methyl sites for hydroxylation is 1. The van der Waals surface area contributed by atoms with E-state index >= 15 is 0 Å². The summed E-state index contributed by atoms with van der Waals surface area (Å²) in [5.74, 6) is 0.676. The predicted octanol–water partition coefficient (Wildman–Crippen LogP) is 5.98. The summed E-state index contributed by atoms with van der Waals surface area (Å²) < 4.78 is 11.8. The largest absolute Gasteiger partial charge is 0.494 e. The van der Waals surface area contributed by atoms with E-state index in [0.717, 1.165) is 51.6 Å². The monoisotopic (exact) mass is 389 g/mol. The Labute approximate surface area is 168 Å². The summed E-state index contributed by atoms with van der Waals surface area (Å²) in [6, 6.07) is 18.1. The van der Waals surface area contributed by atoms with E-state index in [-0.39, 0.29) is 6.42 Å². The van der Waals surface area contributed by atoms with Crippen LogP contribution in [0.15, 0.2) is 59.0 Å². The fourth-order valence-electron chi connectivity index (χ4n) is 3.43. The summed E-state index contributed by atoms with van der Waals surface area (Å²) in [7, 11) is 0. The fraction of sp³-hybridized carbons (Fsp3) is 0.250. The topological polar surface area (TPSA) is 72.6 Å². The van der Waals surface area contributed by atoms with Gasteiger partial charge in [0.2, 0.25) is 5.89 Å². The van der Waals surface area contributed by atoms with Gasteiger partial charge in [-0.2, -0.15) is 0 Å². The van der Waals surface area contributed by atoms with Crippen molar-refractivity contribution in [1.82, 2.24) is 4.98 Å². The van der Waals surface area contributed by atoms with Crippen LogP contribution in [0.3, 0.4) is 0 Å². The molecule has 0 saturated heterocycles. The molecular weight excluding hydrogens is 366 g/mol. The Balaban J connectivity index is 1.51. The van der Waals surface area contributed by atoms with Gasteiger partial charge in [0.1, 0.15) is 11.3 Å². The highest BCUT2D eigenvalue weighted by Crippen LogP contribution is 2.32. The number of rotatable bonds is 8. The SMILES string of the molecule is Cc1ccc2nc(-c3cccc4cc(OCCCCCC(=O)O)ccc34)oc2c1. The van der Waals surface area contributed by atoms with Gasteiger partial charge in [0.05, 0.1) is 6.61 Å². The Morgan fingerprint density at radius 3 is 2.83 bits per heavy atom. The summed E-state index contributed by atoms with van der Waals surface area (Å²) in [5.41, 5.74) is 3.74. The summed E-state index contributed by atoms with van der Waals surface area (Å²) in [6.07, 6.45) is 2.59. The molecular formula is C24H23NO4. The van der Waals surface area contributed by atoms with Gasteiger partial charge in [-0.05, 0) is 78.9 Å². The van der Waals surface area contributed by atoms with Crippen LogP contribution >= 0.6 is 0 Å². The molecule has 0 fully saturated rings. The second kappa shape index (κ2) is 8.35. The summed E-state index contributed by atoms with van der Waals surface area (Å²) in [4.78, 5) is 15.2. The van der Waals surface area contributed by atoms with Crippen LogP contribution in [0.4, 0.5) is 0 Å². The van der Waals surface area contributed by atoms with Gasteiger partial charge in [0.25, 0.3) is 0 Å². The van der Waals surface area contributed by atoms with E-state index in [9.17, 15) is 4.79 Å². The molecule has 0 aliphatic heterocycles. The Kier molecular flexibility index (Phi) is 5.47. The lowest BCUT2D eigenvalue weighted by Gasteiger charge is -2.08. The van der Waals surface area contributed by atoms with E-state index in [1.165, 1.54) is 0 Å². The van der Waals surface area contributed by atoms with Crippen LogP contribution in [-0.2, 0) is 4.79 Å². The van der Waals surface area contributed by atoms with Gasteiger partial charge in [-0.1, -0.05) is 18.2 Å². The minimum Gasteiger partial charge on any atom is -0.494 e. The fourth-order valence-corrected chi connectivity index (χ4v) is 3.43. The molecule has 4 aromatic rings.